The van der Waals surface area contributed by atoms with Crippen LogP contribution in [0.4, 0.5) is 5.69 Å². The van der Waals surface area contributed by atoms with Crippen molar-refractivity contribution in [3.63, 3.8) is 0 Å². The van der Waals surface area contributed by atoms with Crippen LogP contribution in [-0.4, -0.2) is 65.6 Å². The Kier molecular flexibility index (Phi) is 12.2. The third-order valence-corrected chi connectivity index (χ3v) is 8.95. The number of amides is 2. The van der Waals surface area contributed by atoms with E-state index in [2.05, 4.69) is 5.32 Å². The Hall–Kier alpha value is -3.67. The first-order valence-corrected chi connectivity index (χ1v) is 15.9. The highest BCUT2D eigenvalue weighted by atomic mass is 35.5. The number of nitrogens with one attached hydrogen (secondary N) is 1. The van der Waals surface area contributed by atoms with Gasteiger partial charge in [0.1, 0.15) is 18.3 Å². The highest BCUT2D eigenvalue weighted by molar-refractivity contribution is 7.92. The number of carbonyl (C=O) groups excluding carboxylic acids is 2. The number of rotatable bonds is 14. The second-order valence-electron chi connectivity index (χ2n) is 10.3. The molecule has 0 aliphatic heterocycles. The fraction of sp³-hybridized carbons (Fsp3) is 0.355. The predicted octanol–water partition coefficient (Wildman–Crippen LogP) is 5.40. The maximum absolute atomic E-state index is 14.3. The third-order valence-electron chi connectivity index (χ3n) is 6.73. The van der Waals surface area contributed by atoms with Gasteiger partial charge in [-0.15, -0.1) is 0 Å². The van der Waals surface area contributed by atoms with Crippen molar-refractivity contribution in [3.05, 3.63) is 76.3 Å². The molecule has 44 heavy (non-hydrogen) atoms. The lowest BCUT2D eigenvalue weighted by Gasteiger charge is -2.32. The molecule has 0 heterocycles. The number of halogens is 2. The quantitative estimate of drug-likeness (QED) is 0.245. The molecule has 0 bridgehead atoms. The topological polar surface area (TPSA) is 114 Å². The molecule has 0 radical (unpaired) electrons. The molecule has 3 rings (SSSR count). The zero-order valence-electron chi connectivity index (χ0n) is 25.5. The molecule has 0 saturated carbocycles. The first kappa shape index (κ1) is 34.8. The molecule has 2 amide bonds. The summed E-state index contributed by atoms with van der Waals surface area (Å²) in [6.07, 6.45) is 0. The fourth-order valence-corrected chi connectivity index (χ4v) is 6.15. The normalized spacial score (nSPS) is 11.9. The van der Waals surface area contributed by atoms with Crippen molar-refractivity contribution in [2.45, 2.75) is 38.3 Å². The molecule has 3 aromatic carbocycles. The molecule has 0 unspecified atom stereocenters. The highest BCUT2D eigenvalue weighted by Crippen LogP contribution is 2.37. The van der Waals surface area contributed by atoms with Crippen LogP contribution >= 0.6 is 23.2 Å². The van der Waals surface area contributed by atoms with Crippen LogP contribution in [-0.2, 0) is 26.2 Å². The largest absolute Gasteiger partial charge is 0.495 e. The average molecular weight is 667 g/mol. The van der Waals surface area contributed by atoms with Crippen molar-refractivity contribution in [1.29, 1.82) is 0 Å². The van der Waals surface area contributed by atoms with E-state index in [9.17, 15) is 18.0 Å². The first-order valence-electron chi connectivity index (χ1n) is 13.7. The summed E-state index contributed by atoms with van der Waals surface area (Å²) < 4.78 is 45.5. The molecule has 0 aromatic heterocycles. The zero-order chi connectivity index (χ0) is 32.6. The fourth-order valence-electron chi connectivity index (χ4n) is 4.34. The number of ether oxygens (including phenoxy) is 3. The predicted molar refractivity (Wildman–Crippen MR) is 171 cm³/mol. The summed E-state index contributed by atoms with van der Waals surface area (Å²) in [6, 6.07) is 14.5. The molecule has 0 aliphatic carbocycles. The molecule has 13 heteroatoms. The smallest absolute Gasteiger partial charge is 0.265 e. The van der Waals surface area contributed by atoms with Gasteiger partial charge in [-0.2, -0.15) is 0 Å². The minimum absolute atomic E-state index is 0.00736. The third kappa shape index (κ3) is 8.49. The number of hydrogen-bond acceptors (Lipinski definition) is 7. The van der Waals surface area contributed by atoms with Crippen molar-refractivity contribution in [2.24, 2.45) is 5.92 Å². The number of hydrogen-bond donors (Lipinski definition) is 1. The molecule has 1 atom stereocenters. The average Bonchev–Trinajstić information content (AvgIpc) is 3.00. The number of carbonyl (C=O) groups is 2. The van der Waals surface area contributed by atoms with Crippen molar-refractivity contribution in [1.82, 2.24) is 10.2 Å². The Morgan fingerprint density at radius 1 is 0.841 bits per heavy atom. The molecule has 238 valence electrons. The van der Waals surface area contributed by atoms with E-state index < -0.39 is 28.5 Å². The van der Waals surface area contributed by atoms with E-state index in [1.807, 2.05) is 13.8 Å². The van der Waals surface area contributed by atoms with Gasteiger partial charge in [-0.1, -0.05) is 49.2 Å². The lowest BCUT2D eigenvalue weighted by Crippen LogP contribution is -2.51. The summed E-state index contributed by atoms with van der Waals surface area (Å²) in [5.74, 6) is -0.192. The maximum Gasteiger partial charge on any atom is 0.265 e. The van der Waals surface area contributed by atoms with E-state index in [0.29, 0.717) is 22.9 Å². The van der Waals surface area contributed by atoms with E-state index in [1.54, 1.807) is 37.3 Å². The summed E-state index contributed by atoms with van der Waals surface area (Å²) in [6.45, 7) is 5.21. The van der Waals surface area contributed by atoms with Crippen LogP contribution in [0.1, 0.15) is 26.3 Å². The van der Waals surface area contributed by atoms with E-state index in [0.717, 1.165) is 4.31 Å². The van der Waals surface area contributed by atoms with Crippen LogP contribution in [0, 0.1) is 5.92 Å². The van der Waals surface area contributed by atoms with E-state index in [-0.39, 0.29) is 45.5 Å². The molecule has 0 fully saturated rings. The number of anilines is 1. The standard InChI is InChI=1S/C31H37Cl2N3O7S/c1-20(2)17-34-31(38)21(3)35(18-22-8-7-9-23(32)14-22)30(37)19-36(26-15-24(33)10-12-27(26)41-4)44(39,40)25-11-13-28(42-5)29(16-25)43-6/h7-16,20-21H,17-19H2,1-6H3,(H,34,38)/t21-/m0/s1. The van der Waals surface area contributed by atoms with Crippen molar-refractivity contribution < 1.29 is 32.2 Å². The highest BCUT2D eigenvalue weighted by Gasteiger charge is 2.34. The summed E-state index contributed by atoms with van der Waals surface area (Å²) in [5.41, 5.74) is 0.687. The summed E-state index contributed by atoms with van der Waals surface area (Å²) in [4.78, 5) is 28.5. The summed E-state index contributed by atoms with van der Waals surface area (Å²) >= 11 is 12.5. The van der Waals surface area contributed by atoms with Gasteiger partial charge in [0, 0.05) is 29.2 Å². The number of nitrogens with zero attached hydrogens (tertiary/aromatic N) is 2. The first-order chi connectivity index (χ1) is 20.8. The Labute approximate surface area is 268 Å². The van der Waals surface area contributed by atoms with Crippen LogP contribution in [0.3, 0.4) is 0 Å². The van der Waals surface area contributed by atoms with Crippen molar-refractivity contribution in [3.8, 4) is 17.2 Å². The van der Waals surface area contributed by atoms with Gasteiger partial charge >= 0.3 is 0 Å². The number of sulfonamides is 1. The minimum atomic E-state index is -4.45. The SMILES string of the molecule is COc1ccc(S(=O)(=O)N(CC(=O)N(Cc2cccc(Cl)c2)[C@@H](C)C(=O)NCC(C)C)c2cc(Cl)ccc2OC)cc1OC. The summed E-state index contributed by atoms with van der Waals surface area (Å²) in [7, 11) is -0.254. The van der Waals surface area contributed by atoms with Gasteiger partial charge in [-0.05, 0) is 60.9 Å². The molecule has 0 spiro atoms. The molecule has 0 aliphatic rings. The van der Waals surface area contributed by atoms with Gasteiger partial charge in [0.2, 0.25) is 11.8 Å². The molecular formula is C31H37Cl2N3O7S. The van der Waals surface area contributed by atoms with E-state index in [1.165, 1.54) is 56.6 Å². The second-order valence-corrected chi connectivity index (χ2v) is 13.0. The van der Waals surface area contributed by atoms with Gasteiger partial charge in [-0.25, -0.2) is 8.42 Å². The van der Waals surface area contributed by atoms with Crippen LogP contribution < -0.4 is 23.8 Å². The van der Waals surface area contributed by atoms with Crippen LogP contribution in [0.25, 0.3) is 0 Å². The minimum Gasteiger partial charge on any atom is -0.495 e. The Morgan fingerprint density at radius 3 is 2.09 bits per heavy atom. The van der Waals surface area contributed by atoms with E-state index >= 15 is 0 Å². The lowest BCUT2D eigenvalue weighted by molar-refractivity contribution is -0.139. The summed E-state index contributed by atoms with van der Waals surface area (Å²) in [5, 5.41) is 3.52. The van der Waals surface area contributed by atoms with Crippen LogP contribution in [0.5, 0.6) is 17.2 Å². The lowest BCUT2D eigenvalue weighted by atomic mass is 10.1. The molecular weight excluding hydrogens is 629 g/mol. The zero-order valence-corrected chi connectivity index (χ0v) is 27.8. The molecule has 10 nitrogen and oxygen atoms in total. The Morgan fingerprint density at radius 2 is 1.48 bits per heavy atom. The van der Waals surface area contributed by atoms with Crippen molar-refractivity contribution in [2.75, 3.05) is 38.7 Å². The molecule has 0 saturated heterocycles. The monoisotopic (exact) mass is 665 g/mol. The van der Waals surface area contributed by atoms with Gasteiger partial charge in [0.15, 0.2) is 11.5 Å². The van der Waals surface area contributed by atoms with Crippen LogP contribution in [0.2, 0.25) is 10.0 Å². The van der Waals surface area contributed by atoms with Gasteiger partial charge in [0.25, 0.3) is 10.0 Å². The Bertz CT molecular complexity index is 1580. The molecule has 3 aromatic rings. The van der Waals surface area contributed by atoms with Crippen LogP contribution in [0.15, 0.2) is 65.6 Å². The van der Waals surface area contributed by atoms with Gasteiger partial charge in [0.05, 0.1) is 31.9 Å². The second kappa shape index (κ2) is 15.4. The maximum atomic E-state index is 14.3. The molecule has 1 N–H and O–H groups in total. The Balaban J connectivity index is 2.13. The number of benzene rings is 3. The van der Waals surface area contributed by atoms with Crippen molar-refractivity contribution >= 4 is 50.7 Å². The number of methoxy groups -OCH3 is 3. The van der Waals surface area contributed by atoms with Gasteiger partial charge in [-0.3, -0.25) is 13.9 Å². The van der Waals surface area contributed by atoms with E-state index in [4.69, 9.17) is 37.4 Å². The van der Waals surface area contributed by atoms with Gasteiger partial charge < -0.3 is 24.4 Å².